The van der Waals surface area contributed by atoms with E-state index in [9.17, 15) is 13.2 Å². The number of halogens is 3. The molecule has 6 heteroatoms. The molecule has 1 aliphatic heterocycles. The molecule has 2 fully saturated rings. The SMILES string of the molecule is CC1(C)OB(C(F)=CC2(CC(F)F)CCC2)OC1(C)C. The van der Waals surface area contributed by atoms with Gasteiger partial charge in [0.2, 0.25) is 6.43 Å². The standard InChI is InChI=1S/C14H22BF3O2/c1-12(2)13(3,4)20-15(19-12)10(16)8-14(6-5-7-14)9-11(17)18/h8,11H,5-7,9H2,1-4H3. The molecule has 0 aromatic carbocycles. The zero-order chi connectivity index (χ0) is 15.2. The first-order chi connectivity index (χ1) is 9.07. The summed E-state index contributed by atoms with van der Waals surface area (Å²) in [5.74, 6) is 0. The summed E-state index contributed by atoms with van der Waals surface area (Å²) in [7, 11) is -1.09. The van der Waals surface area contributed by atoms with Gasteiger partial charge >= 0.3 is 7.12 Å². The highest BCUT2D eigenvalue weighted by Gasteiger charge is 2.53. The largest absolute Gasteiger partial charge is 0.524 e. The van der Waals surface area contributed by atoms with E-state index in [1.165, 1.54) is 6.08 Å². The summed E-state index contributed by atoms with van der Waals surface area (Å²) in [4.78, 5) is 0. The smallest absolute Gasteiger partial charge is 0.398 e. The van der Waals surface area contributed by atoms with E-state index in [1.54, 1.807) is 0 Å². The van der Waals surface area contributed by atoms with Crippen LogP contribution in [0.5, 0.6) is 0 Å². The third-order valence-corrected chi connectivity index (χ3v) is 4.83. The lowest BCUT2D eigenvalue weighted by atomic mass is 9.65. The number of hydrogen-bond donors (Lipinski definition) is 0. The van der Waals surface area contributed by atoms with Gasteiger partial charge in [0.15, 0.2) is 0 Å². The fourth-order valence-corrected chi connectivity index (χ4v) is 2.66. The van der Waals surface area contributed by atoms with Gasteiger partial charge < -0.3 is 9.31 Å². The highest BCUT2D eigenvalue weighted by molar-refractivity contribution is 6.53. The highest BCUT2D eigenvalue weighted by Crippen LogP contribution is 2.48. The number of alkyl halides is 2. The summed E-state index contributed by atoms with van der Waals surface area (Å²) >= 11 is 0. The maximum absolute atomic E-state index is 14.3. The minimum atomic E-state index is -2.42. The lowest BCUT2D eigenvalue weighted by Crippen LogP contribution is -2.41. The Morgan fingerprint density at radius 1 is 1.15 bits per heavy atom. The predicted octanol–water partition coefficient (Wildman–Crippen LogP) is 4.30. The molecule has 2 rings (SSSR count). The van der Waals surface area contributed by atoms with Gasteiger partial charge in [-0.3, -0.25) is 0 Å². The normalized spacial score (nSPS) is 27.8. The van der Waals surface area contributed by atoms with Gasteiger partial charge in [-0.15, -0.1) is 0 Å². The molecule has 2 aliphatic rings. The van der Waals surface area contributed by atoms with Gasteiger partial charge in [-0.05, 0) is 52.0 Å². The van der Waals surface area contributed by atoms with E-state index in [-0.39, 0.29) is 6.42 Å². The first-order valence-electron chi connectivity index (χ1n) is 7.09. The average Bonchev–Trinajstić information content (AvgIpc) is 2.44. The fourth-order valence-electron chi connectivity index (χ4n) is 2.66. The Morgan fingerprint density at radius 2 is 1.65 bits per heavy atom. The van der Waals surface area contributed by atoms with Crippen molar-refractivity contribution in [3.8, 4) is 0 Å². The van der Waals surface area contributed by atoms with E-state index >= 15 is 0 Å². The first kappa shape index (κ1) is 15.9. The lowest BCUT2D eigenvalue weighted by Gasteiger charge is -2.39. The van der Waals surface area contributed by atoms with Crippen molar-refractivity contribution in [1.29, 1.82) is 0 Å². The third-order valence-electron chi connectivity index (χ3n) is 4.83. The fraction of sp³-hybridized carbons (Fsp3) is 0.857. The van der Waals surface area contributed by atoms with Crippen LogP contribution in [0, 0.1) is 5.41 Å². The van der Waals surface area contributed by atoms with Crippen molar-refractivity contribution in [3.05, 3.63) is 11.8 Å². The van der Waals surface area contributed by atoms with E-state index < -0.39 is 35.9 Å². The van der Waals surface area contributed by atoms with Crippen LogP contribution in [0.25, 0.3) is 0 Å². The van der Waals surface area contributed by atoms with Crippen molar-refractivity contribution in [2.75, 3.05) is 0 Å². The molecule has 0 radical (unpaired) electrons. The second kappa shape index (κ2) is 5.06. The van der Waals surface area contributed by atoms with Gasteiger partial charge in [0.1, 0.15) is 5.73 Å². The van der Waals surface area contributed by atoms with Gasteiger partial charge in [-0.25, -0.2) is 13.2 Å². The Labute approximate surface area is 118 Å². The van der Waals surface area contributed by atoms with Crippen LogP contribution >= 0.6 is 0 Å². The average molecular weight is 290 g/mol. The maximum atomic E-state index is 14.3. The molecular formula is C14H22BF3O2. The number of rotatable bonds is 4. The van der Waals surface area contributed by atoms with Gasteiger partial charge in [-0.2, -0.15) is 0 Å². The molecule has 0 aromatic rings. The third kappa shape index (κ3) is 2.91. The van der Waals surface area contributed by atoms with Crippen molar-refractivity contribution in [3.63, 3.8) is 0 Å². The van der Waals surface area contributed by atoms with Crippen LogP contribution < -0.4 is 0 Å². The first-order valence-corrected chi connectivity index (χ1v) is 7.09. The Balaban J connectivity index is 2.12. The Kier molecular flexibility index (Phi) is 4.02. The van der Waals surface area contributed by atoms with E-state index in [0.29, 0.717) is 12.8 Å². The van der Waals surface area contributed by atoms with Crippen LogP contribution in [-0.2, 0) is 9.31 Å². The molecule has 20 heavy (non-hydrogen) atoms. The predicted molar refractivity (Wildman–Crippen MR) is 72.2 cm³/mol. The van der Waals surface area contributed by atoms with Gasteiger partial charge in [0.25, 0.3) is 0 Å². The molecule has 0 unspecified atom stereocenters. The molecule has 0 atom stereocenters. The number of hydrogen-bond acceptors (Lipinski definition) is 2. The molecule has 0 bridgehead atoms. The van der Waals surface area contributed by atoms with E-state index in [2.05, 4.69) is 0 Å². The minimum absolute atomic E-state index is 0.292. The molecular weight excluding hydrogens is 268 g/mol. The summed E-state index contributed by atoms with van der Waals surface area (Å²) in [6, 6.07) is 0. The number of allylic oxidation sites excluding steroid dienone is 1. The van der Waals surface area contributed by atoms with Gasteiger partial charge in [0, 0.05) is 6.42 Å². The van der Waals surface area contributed by atoms with E-state index in [1.807, 2.05) is 27.7 Å². The van der Waals surface area contributed by atoms with Crippen LogP contribution in [0.4, 0.5) is 13.2 Å². The van der Waals surface area contributed by atoms with Gasteiger partial charge in [-0.1, -0.05) is 6.42 Å². The van der Waals surface area contributed by atoms with Crippen LogP contribution in [0.15, 0.2) is 11.8 Å². The molecule has 1 heterocycles. The summed E-state index contributed by atoms with van der Waals surface area (Å²) in [6.45, 7) is 7.33. The molecule has 1 saturated heterocycles. The molecule has 1 saturated carbocycles. The van der Waals surface area contributed by atoms with Crippen LogP contribution in [-0.4, -0.2) is 24.7 Å². The topological polar surface area (TPSA) is 18.5 Å². The summed E-state index contributed by atoms with van der Waals surface area (Å²) in [6.07, 6.45) is 0.664. The molecule has 0 amide bonds. The van der Waals surface area contributed by atoms with Crippen molar-refractivity contribution in [2.24, 2.45) is 5.41 Å². The summed E-state index contributed by atoms with van der Waals surface area (Å²) < 4.78 is 50.7. The zero-order valence-electron chi connectivity index (χ0n) is 12.5. The molecule has 114 valence electrons. The molecule has 0 spiro atoms. The van der Waals surface area contributed by atoms with Crippen molar-refractivity contribution < 1.29 is 22.5 Å². The second-order valence-electron chi connectivity index (χ2n) is 6.93. The lowest BCUT2D eigenvalue weighted by molar-refractivity contribution is 0.00578. The molecule has 0 N–H and O–H groups in total. The van der Waals surface area contributed by atoms with Crippen LogP contribution in [0.3, 0.4) is 0 Å². The quantitative estimate of drug-likeness (QED) is 0.719. The van der Waals surface area contributed by atoms with E-state index in [4.69, 9.17) is 9.31 Å². The van der Waals surface area contributed by atoms with Crippen molar-refractivity contribution in [1.82, 2.24) is 0 Å². The zero-order valence-corrected chi connectivity index (χ0v) is 12.5. The minimum Gasteiger partial charge on any atom is -0.398 e. The van der Waals surface area contributed by atoms with E-state index in [0.717, 1.165) is 6.42 Å². The Hall–Kier alpha value is -0.485. The monoisotopic (exact) mass is 290 g/mol. The van der Waals surface area contributed by atoms with Crippen molar-refractivity contribution in [2.45, 2.75) is 71.0 Å². The Bertz CT molecular complexity index is 387. The van der Waals surface area contributed by atoms with Crippen LogP contribution in [0.1, 0.15) is 53.4 Å². The molecule has 2 nitrogen and oxygen atoms in total. The maximum Gasteiger partial charge on any atom is 0.524 e. The molecule has 1 aliphatic carbocycles. The Morgan fingerprint density at radius 3 is 2.00 bits per heavy atom. The molecule has 0 aromatic heterocycles. The highest BCUT2D eigenvalue weighted by atomic mass is 19.3. The summed E-state index contributed by atoms with van der Waals surface area (Å²) in [5.41, 5.74) is -2.55. The van der Waals surface area contributed by atoms with Crippen LogP contribution in [0.2, 0.25) is 0 Å². The summed E-state index contributed by atoms with van der Waals surface area (Å²) in [5, 5.41) is 0. The van der Waals surface area contributed by atoms with Gasteiger partial charge in [0.05, 0.1) is 11.2 Å². The van der Waals surface area contributed by atoms with Crippen molar-refractivity contribution >= 4 is 7.12 Å². The second-order valence-corrected chi connectivity index (χ2v) is 6.93.